The fourth-order valence-corrected chi connectivity index (χ4v) is 3.67. The van der Waals surface area contributed by atoms with Gasteiger partial charge in [0.2, 0.25) is 0 Å². The van der Waals surface area contributed by atoms with E-state index in [2.05, 4.69) is 56.7 Å². The fraction of sp³-hybridized carbons (Fsp3) is 0.308. The molecule has 0 spiro atoms. The van der Waals surface area contributed by atoms with E-state index in [-0.39, 0.29) is 6.04 Å². The molecule has 17 heavy (non-hydrogen) atoms. The Morgan fingerprint density at radius 3 is 2.59 bits per heavy atom. The van der Waals surface area contributed by atoms with Crippen LogP contribution in [0.15, 0.2) is 28.1 Å². The highest BCUT2D eigenvalue weighted by molar-refractivity contribution is 9.10. The van der Waals surface area contributed by atoms with Crippen LogP contribution in [0.2, 0.25) is 0 Å². The van der Waals surface area contributed by atoms with Crippen LogP contribution in [-0.4, -0.2) is 12.0 Å². The van der Waals surface area contributed by atoms with Gasteiger partial charge < -0.3 is 5.32 Å². The van der Waals surface area contributed by atoms with Crippen LogP contribution >= 0.6 is 27.3 Å². The Hall–Kier alpha value is -0.710. The summed E-state index contributed by atoms with van der Waals surface area (Å²) >= 11 is 5.35. The summed E-state index contributed by atoms with van der Waals surface area (Å²) in [5.41, 5.74) is 3.39. The first-order valence-electron chi connectivity index (χ1n) is 5.47. The van der Waals surface area contributed by atoms with Crippen molar-refractivity contribution in [1.29, 1.82) is 0 Å². The molecule has 1 unspecified atom stereocenters. The summed E-state index contributed by atoms with van der Waals surface area (Å²) in [6.45, 7) is 4.08. The van der Waals surface area contributed by atoms with E-state index in [9.17, 15) is 0 Å². The van der Waals surface area contributed by atoms with E-state index in [0.29, 0.717) is 0 Å². The Kier molecular flexibility index (Phi) is 3.97. The molecule has 2 heterocycles. The van der Waals surface area contributed by atoms with Crippen molar-refractivity contribution in [2.24, 2.45) is 0 Å². The highest BCUT2D eigenvalue weighted by Gasteiger charge is 2.18. The van der Waals surface area contributed by atoms with Gasteiger partial charge in [0.15, 0.2) is 0 Å². The van der Waals surface area contributed by atoms with E-state index in [0.717, 1.165) is 15.9 Å². The zero-order chi connectivity index (χ0) is 12.4. The lowest BCUT2D eigenvalue weighted by molar-refractivity contribution is 0.691. The van der Waals surface area contributed by atoms with Crippen LogP contribution in [0, 0.1) is 13.8 Å². The first-order valence-corrected chi connectivity index (χ1v) is 7.15. The van der Waals surface area contributed by atoms with Crippen molar-refractivity contribution in [2.45, 2.75) is 19.9 Å². The molecule has 0 radical (unpaired) electrons. The molecule has 0 aliphatic carbocycles. The average molecular weight is 311 g/mol. The van der Waals surface area contributed by atoms with Crippen molar-refractivity contribution in [1.82, 2.24) is 10.3 Å². The third kappa shape index (κ3) is 2.59. The topological polar surface area (TPSA) is 24.9 Å². The third-order valence-electron chi connectivity index (χ3n) is 2.77. The van der Waals surface area contributed by atoms with Gasteiger partial charge in [0.1, 0.15) is 0 Å². The second-order valence-corrected chi connectivity index (χ2v) is 5.78. The normalized spacial score (nSPS) is 12.7. The molecular weight excluding hydrogens is 296 g/mol. The molecule has 2 aromatic rings. The van der Waals surface area contributed by atoms with Gasteiger partial charge in [-0.25, -0.2) is 0 Å². The van der Waals surface area contributed by atoms with Crippen LogP contribution in [0.3, 0.4) is 0 Å². The van der Waals surface area contributed by atoms with Crippen LogP contribution in [0.1, 0.15) is 27.9 Å². The van der Waals surface area contributed by atoms with E-state index < -0.39 is 0 Å². The molecule has 0 aliphatic rings. The number of halogens is 1. The van der Waals surface area contributed by atoms with E-state index in [1.807, 2.05) is 14.0 Å². The smallest absolute Gasteiger partial charge is 0.0697 e. The van der Waals surface area contributed by atoms with Crippen molar-refractivity contribution >= 4 is 27.3 Å². The van der Waals surface area contributed by atoms with Gasteiger partial charge in [-0.15, -0.1) is 11.3 Å². The lowest BCUT2D eigenvalue weighted by Crippen LogP contribution is -2.18. The van der Waals surface area contributed by atoms with E-state index in [1.54, 1.807) is 11.3 Å². The third-order valence-corrected chi connectivity index (χ3v) is 4.71. The van der Waals surface area contributed by atoms with Gasteiger partial charge in [0, 0.05) is 20.7 Å². The number of aromatic nitrogens is 1. The quantitative estimate of drug-likeness (QED) is 0.932. The summed E-state index contributed by atoms with van der Waals surface area (Å²) in [4.78, 5) is 5.82. The minimum atomic E-state index is 0.206. The van der Waals surface area contributed by atoms with Crippen LogP contribution in [0.4, 0.5) is 0 Å². The number of pyridine rings is 1. The number of hydrogen-bond donors (Lipinski definition) is 1. The largest absolute Gasteiger partial charge is 0.309 e. The number of hydrogen-bond acceptors (Lipinski definition) is 3. The lowest BCUT2D eigenvalue weighted by atomic mass is 10.0. The Morgan fingerprint density at radius 1 is 1.29 bits per heavy atom. The molecule has 0 saturated carbocycles. The summed E-state index contributed by atoms with van der Waals surface area (Å²) < 4.78 is 1.15. The van der Waals surface area contributed by atoms with Gasteiger partial charge in [-0.1, -0.05) is 6.07 Å². The molecule has 0 aliphatic heterocycles. The molecule has 0 fully saturated rings. The Balaban J connectivity index is 2.46. The van der Waals surface area contributed by atoms with Crippen LogP contribution in [0.5, 0.6) is 0 Å². The van der Waals surface area contributed by atoms with Gasteiger partial charge in [-0.2, -0.15) is 0 Å². The highest BCUT2D eigenvalue weighted by atomic mass is 79.9. The highest BCUT2D eigenvalue weighted by Crippen LogP contribution is 2.33. The minimum absolute atomic E-state index is 0.206. The first kappa shape index (κ1) is 12.7. The second-order valence-electron chi connectivity index (χ2n) is 3.98. The van der Waals surface area contributed by atoms with Gasteiger partial charge in [0.05, 0.1) is 6.04 Å². The average Bonchev–Trinajstić information content (AvgIpc) is 2.69. The Morgan fingerprint density at radius 2 is 2.06 bits per heavy atom. The summed E-state index contributed by atoms with van der Waals surface area (Å²) in [5.74, 6) is 0. The second kappa shape index (κ2) is 5.29. The van der Waals surface area contributed by atoms with Gasteiger partial charge in [0.25, 0.3) is 0 Å². The summed E-state index contributed by atoms with van der Waals surface area (Å²) in [5, 5.41) is 5.46. The molecule has 0 aromatic carbocycles. The first-order chi connectivity index (χ1) is 8.13. The number of thiophene rings is 1. The molecule has 4 heteroatoms. The lowest BCUT2D eigenvalue weighted by Gasteiger charge is -2.18. The number of nitrogens with zero attached hydrogens (tertiary/aromatic N) is 1. The number of rotatable bonds is 3. The molecular formula is C13H15BrN2S. The molecule has 2 nitrogen and oxygen atoms in total. The molecule has 0 amide bonds. The molecule has 1 atom stereocenters. The van der Waals surface area contributed by atoms with Crippen LogP contribution in [0.25, 0.3) is 0 Å². The van der Waals surface area contributed by atoms with E-state index in [1.165, 1.54) is 10.4 Å². The van der Waals surface area contributed by atoms with Gasteiger partial charge in [-0.3, -0.25) is 4.98 Å². The molecule has 2 aromatic heterocycles. The van der Waals surface area contributed by atoms with Crippen molar-refractivity contribution < 1.29 is 0 Å². The number of aryl methyl sites for hydroxylation is 2. The predicted molar refractivity (Wildman–Crippen MR) is 76.6 cm³/mol. The van der Waals surface area contributed by atoms with Gasteiger partial charge >= 0.3 is 0 Å². The maximum atomic E-state index is 4.53. The van der Waals surface area contributed by atoms with E-state index in [4.69, 9.17) is 0 Å². The van der Waals surface area contributed by atoms with Crippen molar-refractivity contribution in [3.05, 3.63) is 49.9 Å². The maximum absolute atomic E-state index is 4.53. The summed E-state index contributed by atoms with van der Waals surface area (Å²) in [7, 11) is 1.98. The zero-order valence-corrected chi connectivity index (χ0v) is 12.5. The molecule has 2 rings (SSSR count). The molecule has 0 saturated heterocycles. The molecule has 90 valence electrons. The summed E-state index contributed by atoms with van der Waals surface area (Å²) in [6.07, 6.45) is 0. The van der Waals surface area contributed by atoms with Crippen LogP contribution < -0.4 is 5.32 Å². The van der Waals surface area contributed by atoms with Crippen molar-refractivity contribution in [3.8, 4) is 0 Å². The number of nitrogens with one attached hydrogen (secondary N) is 1. The maximum Gasteiger partial charge on any atom is 0.0697 e. The fourth-order valence-electron chi connectivity index (χ4n) is 1.94. The van der Waals surface area contributed by atoms with Crippen molar-refractivity contribution in [2.75, 3.05) is 7.05 Å². The monoisotopic (exact) mass is 310 g/mol. The SMILES string of the molecule is CNC(c1ccc(C)nc1C)c1sccc1Br. The Labute approximate surface area is 114 Å². The Bertz CT molecular complexity index is 522. The minimum Gasteiger partial charge on any atom is -0.309 e. The molecule has 0 bridgehead atoms. The zero-order valence-electron chi connectivity index (χ0n) is 10.1. The van der Waals surface area contributed by atoms with Gasteiger partial charge in [-0.05, 0) is 59.9 Å². The van der Waals surface area contributed by atoms with Crippen LogP contribution in [-0.2, 0) is 0 Å². The molecule has 1 N–H and O–H groups in total. The standard InChI is InChI=1S/C13H15BrN2S/c1-8-4-5-10(9(2)16-8)12(15-3)13-11(14)6-7-17-13/h4-7,12,15H,1-3H3. The van der Waals surface area contributed by atoms with E-state index >= 15 is 0 Å². The summed E-state index contributed by atoms with van der Waals surface area (Å²) in [6, 6.07) is 6.51. The van der Waals surface area contributed by atoms with Crippen molar-refractivity contribution in [3.63, 3.8) is 0 Å². The predicted octanol–water partition coefficient (Wildman–Crippen LogP) is 3.83.